The Hall–Kier alpha value is -3.38. The van der Waals surface area contributed by atoms with Crippen molar-refractivity contribution in [2.75, 3.05) is 0 Å². The van der Waals surface area contributed by atoms with Crippen molar-refractivity contribution in [3.8, 4) is 0 Å². The molecular formula is C22H16N2O3S. The zero-order valence-electron chi connectivity index (χ0n) is 14.8. The van der Waals surface area contributed by atoms with Gasteiger partial charge in [-0.3, -0.25) is 9.59 Å². The first kappa shape index (κ1) is 18.0. The summed E-state index contributed by atoms with van der Waals surface area (Å²) in [5.41, 5.74) is 2.32. The molecule has 1 saturated heterocycles. The van der Waals surface area contributed by atoms with Gasteiger partial charge < -0.3 is 10.4 Å². The van der Waals surface area contributed by atoms with Gasteiger partial charge in [-0.25, -0.2) is 4.99 Å². The molecule has 2 N–H and O–H groups in total. The number of fused-ring (bicyclic) bond motifs is 1. The second kappa shape index (κ2) is 7.70. The lowest BCUT2D eigenvalue weighted by Gasteiger charge is -2.00. The molecular weight excluding hydrogens is 372 g/mol. The number of amidine groups is 1. The van der Waals surface area contributed by atoms with Gasteiger partial charge in [0.25, 0.3) is 5.91 Å². The number of carbonyl (C=O) groups excluding carboxylic acids is 1. The highest BCUT2D eigenvalue weighted by atomic mass is 32.2. The molecule has 1 amide bonds. The minimum absolute atomic E-state index is 0.0268. The molecule has 5 nitrogen and oxygen atoms in total. The van der Waals surface area contributed by atoms with Crippen LogP contribution < -0.4 is 5.32 Å². The number of carboxylic acids is 1. The van der Waals surface area contributed by atoms with Gasteiger partial charge in [-0.05, 0) is 57.9 Å². The number of amides is 1. The van der Waals surface area contributed by atoms with Gasteiger partial charge in [0, 0.05) is 0 Å². The molecule has 3 aromatic rings. The van der Waals surface area contributed by atoms with Crippen molar-refractivity contribution in [2.45, 2.75) is 6.42 Å². The maximum atomic E-state index is 12.3. The van der Waals surface area contributed by atoms with Crippen molar-refractivity contribution in [3.05, 3.63) is 82.8 Å². The maximum Gasteiger partial charge on any atom is 0.307 e. The van der Waals surface area contributed by atoms with E-state index in [1.54, 1.807) is 24.3 Å². The molecule has 4 rings (SSSR count). The van der Waals surface area contributed by atoms with E-state index in [9.17, 15) is 9.59 Å². The summed E-state index contributed by atoms with van der Waals surface area (Å²) in [6.45, 7) is 0. The average molecular weight is 388 g/mol. The lowest BCUT2D eigenvalue weighted by atomic mass is 10.1. The number of nitrogens with one attached hydrogen (secondary N) is 1. The summed E-state index contributed by atoms with van der Waals surface area (Å²) in [7, 11) is 0. The largest absolute Gasteiger partial charge is 0.481 e. The molecule has 0 radical (unpaired) electrons. The van der Waals surface area contributed by atoms with Crippen LogP contribution in [0.1, 0.15) is 11.1 Å². The van der Waals surface area contributed by atoms with E-state index in [-0.39, 0.29) is 12.3 Å². The van der Waals surface area contributed by atoms with Crippen LogP contribution in [0.3, 0.4) is 0 Å². The summed E-state index contributed by atoms with van der Waals surface area (Å²) in [5, 5.41) is 14.4. The molecule has 0 bridgehead atoms. The van der Waals surface area contributed by atoms with E-state index in [2.05, 4.69) is 16.4 Å². The fraction of sp³-hybridized carbons (Fsp3) is 0.0455. The molecule has 0 unspecified atom stereocenters. The van der Waals surface area contributed by atoms with E-state index in [1.807, 2.05) is 42.5 Å². The van der Waals surface area contributed by atoms with Crippen molar-refractivity contribution in [2.24, 2.45) is 4.99 Å². The summed E-state index contributed by atoms with van der Waals surface area (Å²) >= 11 is 1.29. The van der Waals surface area contributed by atoms with E-state index in [4.69, 9.17) is 5.11 Å². The number of aliphatic carboxylic acids is 1. The smallest absolute Gasteiger partial charge is 0.307 e. The molecule has 0 aromatic heterocycles. The topological polar surface area (TPSA) is 78.8 Å². The Labute approximate surface area is 165 Å². The molecule has 0 atom stereocenters. The molecule has 0 saturated carbocycles. The van der Waals surface area contributed by atoms with Gasteiger partial charge >= 0.3 is 5.97 Å². The van der Waals surface area contributed by atoms with Crippen LogP contribution in [0.5, 0.6) is 0 Å². The molecule has 1 heterocycles. The quantitative estimate of drug-likeness (QED) is 0.651. The van der Waals surface area contributed by atoms with Crippen molar-refractivity contribution < 1.29 is 14.7 Å². The van der Waals surface area contributed by atoms with Crippen LogP contribution in [0.4, 0.5) is 5.69 Å². The third-order valence-corrected chi connectivity index (χ3v) is 5.15. The zero-order valence-corrected chi connectivity index (χ0v) is 15.6. The monoisotopic (exact) mass is 388 g/mol. The molecule has 138 valence electrons. The number of aliphatic imine (C=N–C) groups is 1. The van der Waals surface area contributed by atoms with Gasteiger partial charge in [0.05, 0.1) is 17.0 Å². The predicted octanol–water partition coefficient (Wildman–Crippen LogP) is 4.36. The summed E-state index contributed by atoms with van der Waals surface area (Å²) in [4.78, 5) is 28.0. The second-order valence-electron chi connectivity index (χ2n) is 6.33. The number of benzene rings is 3. The molecule has 1 aliphatic rings. The van der Waals surface area contributed by atoms with Crippen molar-refractivity contribution in [1.29, 1.82) is 0 Å². The first-order chi connectivity index (χ1) is 13.6. The Bertz CT molecular complexity index is 1130. The van der Waals surface area contributed by atoms with Gasteiger partial charge in [-0.2, -0.15) is 0 Å². The van der Waals surface area contributed by atoms with Crippen LogP contribution in [0.25, 0.3) is 16.8 Å². The normalized spacial score (nSPS) is 16.6. The predicted molar refractivity (Wildman–Crippen MR) is 113 cm³/mol. The Morgan fingerprint density at radius 3 is 2.54 bits per heavy atom. The van der Waals surface area contributed by atoms with Crippen LogP contribution in [0, 0.1) is 0 Å². The van der Waals surface area contributed by atoms with Crippen molar-refractivity contribution in [3.63, 3.8) is 0 Å². The van der Waals surface area contributed by atoms with Crippen LogP contribution >= 0.6 is 11.8 Å². The Balaban J connectivity index is 1.53. The number of carboxylic acid groups (broad SMARTS) is 1. The van der Waals surface area contributed by atoms with E-state index < -0.39 is 5.97 Å². The summed E-state index contributed by atoms with van der Waals surface area (Å²) in [6, 6.07) is 21.1. The number of rotatable bonds is 4. The molecule has 3 aromatic carbocycles. The second-order valence-corrected chi connectivity index (χ2v) is 7.36. The lowest BCUT2D eigenvalue weighted by molar-refractivity contribution is -0.136. The number of nitrogens with zero attached hydrogens (tertiary/aromatic N) is 1. The molecule has 1 aliphatic heterocycles. The van der Waals surface area contributed by atoms with Crippen LogP contribution in [0.15, 0.2) is 76.6 Å². The van der Waals surface area contributed by atoms with E-state index in [0.29, 0.717) is 21.3 Å². The molecule has 0 spiro atoms. The molecule has 28 heavy (non-hydrogen) atoms. The number of hydrogen-bond donors (Lipinski definition) is 2. The van der Waals surface area contributed by atoms with Gasteiger partial charge in [0.2, 0.25) is 0 Å². The minimum Gasteiger partial charge on any atom is -0.481 e. The van der Waals surface area contributed by atoms with Crippen molar-refractivity contribution >= 4 is 51.3 Å². The van der Waals surface area contributed by atoms with Gasteiger partial charge in [0.1, 0.15) is 0 Å². The van der Waals surface area contributed by atoms with Crippen LogP contribution in [-0.4, -0.2) is 22.2 Å². The summed E-state index contributed by atoms with van der Waals surface area (Å²) in [5.74, 6) is -1.06. The molecule has 1 fully saturated rings. The Morgan fingerprint density at radius 1 is 1.04 bits per heavy atom. The van der Waals surface area contributed by atoms with Gasteiger partial charge in [-0.15, -0.1) is 0 Å². The highest BCUT2D eigenvalue weighted by Gasteiger charge is 2.23. The number of thioether (sulfide) groups is 1. The highest BCUT2D eigenvalue weighted by molar-refractivity contribution is 8.18. The van der Waals surface area contributed by atoms with E-state index in [1.165, 1.54) is 11.8 Å². The Morgan fingerprint density at radius 2 is 1.79 bits per heavy atom. The molecule has 0 aliphatic carbocycles. The zero-order chi connectivity index (χ0) is 19.5. The van der Waals surface area contributed by atoms with Gasteiger partial charge in [0.15, 0.2) is 5.17 Å². The summed E-state index contributed by atoms with van der Waals surface area (Å²) in [6.07, 6.45) is 1.83. The third kappa shape index (κ3) is 4.13. The van der Waals surface area contributed by atoms with E-state index in [0.717, 1.165) is 16.3 Å². The first-order valence-corrected chi connectivity index (χ1v) is 9.48. The van der Waals surface area contributed by atoms with Crippen LogP contribution in [-0.2, 0) is 16.0 Å². The fourth-order valence-electron chi connectivity index (χ4n) is 2.91. The Kier molecular flexibility index (Phi) is 4.95. The third-order valence-electron chi connectivity index (χ3n) is 4.24. The average Bonchev–Trinajstić information content (AvgIpc) is 3.02. The highest BCUT2D eigenvalue weighted by Crippen LogP contribution is 2.29. The van der Waals surface area contributed by atoms with Crippen molar-refractivity contribution in [1.82, 2.24) is 5.32 Å². The number of carbonyl (C=O) groups is 2. The SMILES string of the molecule is O=C(O)Cc1ccc(N=C2NC(=O)C(=Cc3ccc4ccccc4c3)S2)cc1. The fourth-order valence-corrected chi connectivity index (χ4v) is 3.75. The van der Waals surface area contributed by atoms with Gasteiger partial charge in [-0.1, -0.05) is 48.5 Å². The lowest BCUT2D eigenvalue weighted by Crippen LogP contribution is -2.19. The summed E-state index contributed by atoms with van der Waals surface area (Å²) < 4.78 is 0. The van der Waals surface area contributed by atoms with E-state index >= 15 is 0 Å². The van der Waals surface area contributed by atoms with Crippen LogP contribution in [0.2, 0.25) is 0 Å². The maximum absolute atomic E-state index is 12.3. The minimum atomic E-state index is -0.874. The standard InChI is InChI=1S/C22H16N2O3S/c25-20(26)13-14-6-9-18(10-7-14)23-22-24-21(27)19(28-22)12-15-5-8-16-3-1-2-4-17(16)11-15/h1-12H,13H2,(H,25,26)(H,23,24,27). The first-order valence-electron chi connectivity index (χ1n) is 8.66. The number of hydrogen-bond acceptors (Lipinski definition) is 4. The molecule has 6 heteroatoms.